The quantitative estimate of drug-likeness (QED) is 0.502. The van der Waals surface area contributed by atoms with Gasteiger partial charge in [0.05, 0.1) is 36.8 Å². The van der Waals surface area contributed by atoms with Gasteiger partial charge in [-0.05, 0) is 30.2 Å². The van der Waals surface area contributed by atoms with Gasteiger partial charge < -0.3 is 24.7 Å². The molecule has 184 valence electrons. The number of para-hydroxylation sites is 1. The van der Waals surface area contributed by atoms with Gasteiger partial charge in [0, 0.05) is 31.0 Å². The zero-order valence-electron chi connectivity index (χ0n) is 19.4. The Bertz CT molecular complexity index is 1290. The Balaban J connectivity index is 1.27. The summed E-state index contributed by atoms with van der Waals surface area (Å²) in [6.07, 6.45) is 7.81. The molecule has 3 aromatic rings. The SMILES string of the molecule is O=C(/C=C/C(=O)N1Cc2nccnc2CC1C(=O)N[C@@H]1COc2ccccc2C1)NCc1ccco1. The maximum absolute atomic E-state index is 13.4. The molecule has 0 saturated carbocycles. The van der Waals surface area contributed by atoms with E-state index in [9.17, 15) is 14.4 Å². The monoisotopic (exact) mass is 487 g/mol. The summed E-state index contributed by atoms with van der Waals surface area (Å²) in [7, 11) is 0. The summed E-state index contributed by atoms with van der Waals surface area (Å²) < 4.78 is 11.0. The highest BCUT2D eigenvalue weighted by atomic mass is 16.5. The number of hydrogen-bond acceptors (Lipinski definition) is 7. The Labute approximate surface area is 207 Å². The van der Waals surface area contributed by atoms with Crippen molar-refractivity contribution in [3.8, 4) is 5.75 Å². The second-order valence-corrected chi connectivity index (χ2v) is 8.59. The molecule has 0 bridgehead atoms. The van der Waals surface area contributed by atoms with Gasteiger partial charge in [-0.15, -0.1) is 0 Å². The van der Waals surface area contributed by atoms with Crippen LogP contribution in [0.3, 0.4) is 0 Å². The molecule has 0 aliphatic carbocycles. The van der Waals surface area contributed by atoms with E-state index in [2.05, 4.69) is 20.6 Å². The largest absolute Gasteiger partial charge is 0.491 e. The molecule has 2 aliphatic heterocycles. The van der Waals surface area contributed by atoms with Crippen LogP contribution < -0.4 is 15.4 Å². The molecule has 1 aromatic carbocycles. The minimum absolute atomic E-state index is 0.114. The maximum Gasteiger partial charge on any atom is 0.247 e. The Morgan fingerprint density at radius 1 is 1.03 bits per heavy atom. The molecule has 3 amide bonds. The number of fused-ring (bicyclic) bond motifs is 2. The van der Waals surface area contributed by atoms with Crippen LogP contribution in [-0.2, 0) is 40.3 Å². The third kappa shape index (κ3) is 5.27. The highest BCUT2D eigenvalue weighted by molar-refractivity contribution is 5.98. The van der Waals surface area contributed by atoms with Crippen molar-refractivity contribution in [3.63, 3.8) is 0 Å². The molecule has 2 atom stereocenters. The number of rotatable bonds is 6. The molecule has 1 unspecified atom stereocenters. The smallest absolute Gasteiger partial charge is 0.247 e. The van der Waals surface area contributed by atoms with Crippen LogP contribution in [0.1, 0.15) is 22.7 Å². The van der Waals surface area contributed by atoms with Crippen molar-refractivity contribution in [2.24, 2.45) is 0 Å². The van der Waals surface area contributed by atoms with Crippen LogP contribution in [0.25, 0.3) is 0 Å². The topological polar surface area (TPSA) is 127 Å². The number of nitrogens with one attached hydrogen (secondary N) is 2. The molecule has 4 heterocycles. The fraction of sp³-hybridized carbons (Fsp3) is 0.269. The molecule has 10 nitrogen and oxygen atoms in total. The first-order chi connectivity index (χ1) is 17.6. The molecule has 36 heavy (non-hydrogen) atoms. The summed E-state index contributed by atoms with van der Waals surface area (Å²) in [5, 5.41) is 5.68. The van der Waals surface area contributed by atoms with Crippen LogP contribution in [-0.4, -0.2) is 51.3 Å². The number of ether oxygens (including phenoxy) is 1. The van der Waals surface area contributed by atoms with Gasteiger partial charge in [0.15, 0.2) is 0 Å². The highest BCUT2D eigenvalue weighted by Gasteiger charge is 2.36. The fourth-order valence-electron chi connectivity index (χ4n) is 4.34. The molecule has 5 rings (SSSR count). The van der Waals surface area contributed by atoms with Crippen LogP contribution in [0.15, 0.2) is 71.6 Å². The van der Waals surface area contributed by atoms with Gasteiger partial charge >= 0.3 is 0 Å². The summed E-state index contributed by atoms with van der Waals surface area (Å²) in [6, 6.07) is 10.2. The predicted molar refractivity (Wildman–Crippen MR) is 127 cm³/mol. The Hall–Kier alpha value is -4.47. The number of furan rings is 1. The van der Waals surface area contributed by atoms with Gasteiger partial charge in [0.1, 0.15) is 24.2 Å². The van der Waals surface area contributed by atoms with E-state index in [0.29, 0.717) is 30.2 Å². The van der Waals surface area contributed by atoms with E-state index in [4.69, 9.17) is 9.15 Å². The number of hydrogen-bond donors (Lipinski definition) is 2. The molecule has 0 saturated heterocycles. The van der Waals surface area contributed by atoms with Gasteiger partial charge in [-0.2, -0.15) is 0 Å². The van der Waals surface area contributed by atoms with Crippen molar-refractivity contribution in [2.45, 2.75) is 38.0 Å². The normalized spacial score (nSPS) is 18.6. The molecule has 10 heteroatoms. The number of aromatic nitrogens is 2. The first-order valence-electron chi connectivity index (χ1n) is 11.7. The Kier molecular flexibility index (Phi) is 6.74. The Morgan fingerprint density at radius 2 is 1.86 bits per heavy atom. The lowest BCUT2D eigenvalue weighted by Gasteiger charge is -2.35. The predicted octanol–water partition coefficient (Wildman–Crippen LogP) is 1.32. The van der Waals surface area contributed by atoms with Crippen LogP contribution in [0.2, 0.25) is 0 Å². The lowest BCUT2D eigenvalue weighted by Crippen LogP contribution is -2.55. The van der Waals surface area contributed by atoms with E-state index in [-0.39, 0.29) is 31.5 Å². The van der Waals surface area contributed by atoms with Crippen LogP contribution in [0.5, 0.6) is 5.75 Å². The average molecular weight is 488 g/mol. The van der Waals surface area contributed by atoms with Crippen molar-refractivity contribution < 1.29 is 23.5 Å². The van der Waals surface area contributed by atoms with E-state index in [1.807, 2.05) is 24.3 Å². The van der Waals surface area contributed by atoms with Crippen LogP contribution in [0.4, 0.5) is 0 Å². The van der Waals surface area contributed by atoms with Gasteiger partial charge in [-0.3, -0.25) is 24.4 Å². The van der Waals surface area contributed by atoms with E-state index in [0.717, 1.165) is 17.4 Å². The first-order valence-corrected chi connectivity index (χ1v) is 11.7. The molecule has 2 N–H and O–H groups in total. The molecule has 2 aliphatic rings. The molecule has 0 fully saturated rings. The molecular formula is C26H25N5O5. The van der Waals surface area contributed by atoms with Crippen molar-refractivity contribution in [1.29, 1.82) is 0 Å². The maximum atomic E-state index is 13.4. The van der Waals surface area contributed by atoms with Gasteiger partial charge in [0.2, 0.25) is 17.7 Å². The van der Waals surface area contributed by atoms with Gasteiger partial charge in [-0.1, -0.05) is 18.2 Å². The third-order valence-corrected chi connectivity index (χ3v) is 6.15. The summed E-state index contributed by atoms with van der Waals surface area (Å²) in [6.45, 7) is 0.659. The summed E-state index contributed by atoms with van der Waals surface area (Å²) in [5.74, 6) is 0.196. The second-order valence-electron chi connectivity index (χ2n) is 8.59. The van der Waals surface area contributed by atoms with E-state index < -0.39 is 17.9 Å². The van der Waals surface area contributed by atoms with Crippen molar-refractivity contribution >= 4 is 17.7 Å². The molecule has 2 aromatic heterocycles. The van der Waals surface area contributed by atoms with Gasteiger partial charge in [-0.25, -0.2) is 0 Å². The number of nitrogens with zero attached hydrogens (tertiary/aromatic N) is 3. The van der Waals surface area contributed by atoms with E-state index in [1.54, 1.807) is 24.5 Å². The lowest BCUT2D eigenvalue weighted by molar-refractivity contribution is -0.139. The number of benzene rings is 1. The second kappa shape index (κ2) is 10.4. The van der Waals surface area contributed by atoms with E-state index >= 15 is 0 Å². The highest BCUT2D eigenvalue weighted by Crippen LogP contribution is 2.25. The minimum atomic E-state index is -0.797. The lowest BCUT2D eigenvalue weighted by atomic mass is 9.99. The number of amides is 3. The fourth-order valence-corrected chi connectivity index (χ4v) is 4.34. The third-order valence-electron chi connectivity index (χ3n) is 6.15. The van der Waals surface area contributed by atoms with Crippen LogP contribution in [0, 0.1) is 0 Å². The van der Waals surface area contributed by atoms with E-state index in [1.165, 1.54) is 17.2 Å². The number of carbonyl (C=O) groups excluding carboxylic acids is 3. The zero-order valence-corrected chi connectivity index (χ0v) is 19.4. The van der Waals surface area contributed by atoms with Crippen molar-refractivity contribution in [1.82, 2.24) is 25.5 Å². The van der Waals surface area contributed by atoms with Crippen molar-refractivity contribution in [3.05, 3.63) is 89.9 Å². The van der Waals surface area contributed by atoms with Crippen molar-refractivity contribution in [2.75, 3.05) is 6.61 Å². The standard InChI is InChI=1S/C26H25N5O5/c32-24(29-14-19-5-3-11-35-19)7-8-25(33)31-15-21-20(27-9-10-28-21)13-22(31)26(34)30-18-12-17-4-1-2-6-23(17)36-16-18/h1-11,18,22H,12-16H2,(H,29,32)(H,30,34)/b8-7+/t18-,22?/m0/s1. The minimum Gasteiger partial charge on any atom is -0.491 e. The summed E-state index contributed by atoms with van der Waals surface area (Å²) in [4.78, 5) is 48.7. The molecular weight excluding hydrogens is 462 g/mol. The van der Waals surface area contributed by atoms with Gasteiger partial charge in [0.25, 0.3) is 0 Å². The summed E-state index contributed by atoms with van der Waals surface area (Å²) in [5.41, 5.74) is 2.32. The Morgan fingerprint density at radius 3 is 2.69 bits per heavy atom. The van der Waals surface area contributed by atoms with Crippen LogP contribution >= 0.6 is 0 Å². The number of carbonyl (C=O) groups is 3. The average Bonchev–Trinajstić information content (AvgIpc) is 3.43. The zero-order chi connectivity index (χ0) is 24.9. The molecule has 0 radical (unpaired) electrons. The molecule has 0 spiro atoms. The summed E-state index contributed by atoms with van der Waals surface area (Å²) >= 11 is 0. The first kappa shape index (κ1) is 23.3.